The van der Waals surface area contributed by atoms with Crippen molar-refractivity contribution >= 4 is 23.3 Å². The standard InChI is InChI=1S/C16H15N5O4/c17-16(23)19-11-5-3-10(4-6-11)18-13(22)7-8-14-20-15(21-25-14)12-2-1-9-24-12/h1-6,9H,7-8H2,(H,18,22)(H3,17,19,23). The number of urea groups is 1. The van der Waals surface area contributed by atoms with Crippen LogP contribution in [0.1, 0.15) is 12.3 Å². The van der Waals surface area contributed by atoms with Gasteiger partial charge in [0.1, 0.15) is 0 Å². The molecular formula is C16H15N5O4. The molecule has 0 atom stereocenters. The summed E-state index contributed by atoms with van der Waals surface area (Å²) < 4.78 is 10.3. The molecular weight excluding hydrogens is 326 g/mol. The summed E-state index contributed by atoms with van der Waals surface area (Å²) in [7, 11) is 0. The van der Waals surface area contributed by atoms with E-state index in [1.54, 1.807) is 36.4 Å². The Labute approximate surface area is 142 Å². The smallest absolute Gasteiger partial charge is 0.316 e. The molecule has 3 amide bonds. The van der Waals surface area contributed by atoms with E-state index in [4.69, 9.17) is 14.7 Å². The van der Waals surface area contributed by atoms with Crippen LogP contribution in [-0.4, -0.2) is 22.1 Å². The third-order valence-corrected chi connectivity index (χ3v) is 3.21. The highest BCUT2D eigenvalue weighted by Gasteiger charge is 2.12. The molecule has 3 aromatic rings. The molecule has 128 valence electrons. The van der Waals surface area contributed by atoms with Crippen LogP contribution in [0.5, 0.6) is 0 Å². The molecule has 0 spiro atoms. The van der Waals surface area contributed by atoms with E-state index in [-0.39, 0.29) is 12.3 Å². The number of furan rings is 1. The maximum absolute atomic E-state index is 12.0. The Morgan fingerprint density at radius 2 is 1.80 bits per heavy atom. The number of nitrogens with zero attached hydrogens (tertiary/aromatic N) is 2. The Morgan fingerprint density at radius 3 is 2.44 bits per heavy atom. The van der Waals surface area contributed by atoms with E-state index in [2.05, 4.69) is 20.8 Å². The van der Waals surface area contributed by atoms with Gasteiger partial charge in [0.25, 0.3) is 0 Å². The van der Waals surface area contributed by atoms with Gasteiger partial charge < -0.3 is 25.3 Å². The molecule has 3 rings (SSSR count). The first-order valence-electron chi connectivity index (χ1n) is 7.43. The average Bonchev–Trinajstić information content (AvgIpc) is 3.25. The third-order valence-electron chi connectivity index (χ3n) is 3.21. The molecule has 1 aromatic carbocycles. The summed E-state index contributed by atoms with van der Waals surface area (Å²) in [5, 5.41) is 8.97. The zero-order chi connectivity index (χ0) is 17.6. The van der Waals surface area contributed by atoms with Crippen molar-refractivity contribution in [1.82, 2.24) is 10.1 Å². The van der Waals surface area contributed by atoms with Gasteiger partial charge in [-0.15, -0.1) is 0 Å². The van der Waals surface area contributed by atoms with Gasteiger partial charge in [-0.25, -0.2) is 4.79 Å². The molecule has 0 bridgehead atoms. The number of benzene rings is 1. The quantitative estimate of drug-likeness (QED) is 0.629. The molecule has 0 fully saturated rings. The maximum atomic E-state index is 12.0. The Bertz CT molecular complexity index is 855. The third kappa shape index (κ3) is 4.44. The SMILES string of the molecule is NC(=O)Nc1ccc(NC(=O)CCc2nc(-c3ccco3)no2)cc1. The molecule has 0 unspecified atom stereocenters. The summed E-state index contributed by atoms with van der Waals surface area (Å²) in [5.41, 5.74) is 6.17. The van der Waals surface area contributed by atoms with E-state index in [9.17, 15) is 9.59 Å². The summed E-state index contributed by atoms with van der Waals surface area (Å²) in [6.07, 6.45) is 2.00. The molecule has 25 heavy (non-hydrogen) atoms. The average molecular weight is 341 g/mol. The van der Waals surface area contributed by atoms with Crippen LogP contribution >= 0.6 is 0 Å². The Balaban J connectivity index is 1.50. The predicted octanol–water partition coefficient (Wildman–Crippen LogP) is 2.39. The largest absolute Gasteiger partial charge is 0.461 e. The topological polar surface area (TPSA) is 136 Å². The molecule has 0 saturated heterocycles. The minimum atomic E-state index is -0.648. The van der Waals surface area contributed by atoms with Crippen LogP contribution in [0.15, 0.2) is 51.6 Å². The van der Waals surface area contributed by atoms with Gasteiger partial charge in [0.15, 0.2) is 5.76 Å². The van der Waals surface area contributed by atoms with Gasteiger partial charge in [-0.1, -0.05) is 5.16 Å². The number of aromatic nitrogens is 2. The maximum Gasteiger partial charge on any atom is 0.316 e. The number of nitrogens with one attached hydrogen (secondary N) is 2. The van der Waals surface area contributed by atoms with Crippen molar-refractivity contribution in [2.45, 2.75) is 12.8 Å². The first-order chi connectivity index (χ1) is 12.1. The summed E-state index contributed by atoms with van der Waals surface area (Å²) in [4.78, 5) is 26.9. The lowest BCUT2D eigenvalue weighted by Crippen LogP contribution is -2.19. The molecule has 0 aliphatic rings. The van der Waals surface area contributed by atoms with E-state index >= 15 is 0 Å². The first-order valence-corrected chi connectivity index (χ1v) is 7.43. The summed E-state index contributed by atoms with van der Waals surface area (Å²) in [6, 6.07) is 9.38. The van der Waals surface area contributed by atoms with Crippen LogP contribution in [0, 0.1) is 0 Å². The van der Waals surface area contributed by atoms with Crippen LogP contribution < -0.4 is 16.4 Å². The molecule has 9 heteroatoms. The van der Waals surface area contributed by atoms with Crippen LogP contribution in [-0.2, 0) is 11.2 Å². The number of hydrogen-bond acceptors (Lipinski definition) is 6. The lowest BCUT2D eigenvalue weighted by Gasteiger charge is -2.06. The second kappa shape index (κ2) is 7.30. The van der Waals surface area contributed by atoms with Gasteiger partial charge >= 0.3 is 6.03 Å². The number of anilines is 2. The Kier molecular flexibility index (Phi) is 4.74. The van der Waals surface area contributed by atoms with Crippen LogP contribution in [0.25, 0.3) is 11.6 Å². The number of aryl methyl sites for hydroxylation is 1. The fraction of sp³-hybridized carbons (Fsp3) is 0.125. The molecule has 0 radical (unpaired) electrons. The summed E-state index contributed by atoms with van der Waals surface area (Å²) >= 11 is 0. The van der Waals surface area contributed by atoms with Crippen LogP contribution in [0.4, 0.5) is 16.2 Å². The van der Waals surface area contributed by atoms with Crippen molar-refractivity contribution in [3.63, 3.8) is 0 Å². The van der Waals surface area contributed by atoms with Crippen molar-refractivity contribution in [2.75, 3.05) is 10.6 Å². The minimum absolute atomic E-state index is 0.182. The molecule has 4 N–H and O–H groups in total. The number of carbonyl (C=O) groups is 2. The van der Waals surface area contributed by atoms with E-state index in [1.807, 2.05) is 0 Å². The summed E-state index contributed by atoms with van der Waals surface area (Å²) in [5.74, 6) is 0.998. The number of nitrogens with two attached hydrogens (primary N) is 1. The van der Waals surface area contributed by atoms with Crippen LogP contribution in [0.3, 0.4) is 0 Å². The van der Waals surface area contributed by atoms with E-state index in [1.165, 1.54) is 6.26 Å². The first kappa shape index (κ1) is 16.2. The van der Waals surface area contributed by atoms with Crippen LogP contribution in [0.2, 0.25) is 0 Å². The second-order valence-corrected chi connectivity index (χ2v) is 5.10. The van der Waals surface area contributed by atoms with Gasteiger partial charge in [-0.05, 0) is 36.4 Å². The fourth-order valence-corrected chi connectivity index (χ4v) is 2.09. The highest BCUT2D eigenvalue weighted by atomic mass is 16.5. The predicted molar refractivity (Wildman–Crippen MR) is 88.6 cm³/mol. The molecule has 0 saturated carbocycles. The zero-order valence-electron chi connectivity index (χ0n) is 13.1. The van der Waals surface area contributed by atoms with Gasteiger partial charge in [0, 0.05) is 24.2 Å². The Hall–Kier alpha value is -3.62. The number of amides is 3. The van der Waals surface area contributed by atoms with Gasteiger partial charge in [0.2, 0.25) is 17.6 Å². The second-order valence-electron chi connectivity index (χ2n) is 5.10. The van der Waals surface area contributed by atoms with E-state index in [0.717, 1.165) is 0 Å². The van der Waals surface area contributed by atoms with Gasteiger partial charge in [-0.2, -0.15) is 4.98 Å². The Morgan fingerprint density at radius 1 is 1.08 bits per heavy atom. The minimum Gasteiger partial charge on any atom is -0.461 e. The van der Waals surface area contributed by atoms with Gasteiger partial charge in [-0.3, -0.25) is 4.79 Å². The highest BCUT2D eigenvalue weighted by molar-refractivity contribution is 5.92. The van der Waals surface area contributed by atoms with Crippen molar-refractivity contribution in [3.8, 4) is 11.6 Å². The molecule has 2 aromatic heterocycles. The lowest BCUT2D eigenvalue weighted by atomic mass is 10.2. The van der Waals surface area contributed by atoms with Gasteiger partial charge in [0.05, 0.1) is 6.26 Å². The normalized spacial score (nSPS) is 10.4. The number of rotatable bonds is 6. The summed E-state index contributed by atoms with van der Waals surface area (Å²) in [6.45, 7) is 0. The zero-order valence-corrected chi connectivity index (χ0v) is 13.1. The number of primary amides is 1. The molecule has 9 nitrogen and oxygen atoms in total. The fourth-order valence-electron chi connectivity index (χ4n) is 2.09. The number of hydrogen-bond donors (Lipinski definition) is 3. The highest BCUT2D eigenvalue weighted by Crippen LogP contribution is 2.17. The van der Waals surface area contributed by atoms with E-state index < -0.39 is 6.03 Å². The van der Waals surface area contributed by atoms with E-state index in [0.29, 0.717) is 35.3 Å². The molecule has 2 heterocycles. The molecule has 0 aliphatic heterocycles. The monoisotopic (exact) mass is 341 g/mol. The van der Waals surface area contributed by atoms with Crippen molar-refractivity contribution < 1.29 is 18.5 Å². The lowest BCUT2D eigenvalue weighted by molar-refractivity contribution is -0.116. The van der Waals surface area contributed by atoms with Crippen molar-refractivity contribution in [2.24, 2.45) is 5.73 Å². The molecule has 0 aliphatic carbocycles. The number of carbonyl (C=O) groups excluding carboxylic acids is 2. The van der Waals surface area contributed by atoms with Crippen molar-refractivity contribution in [1.29, 1.82) is 0 Å². The van der Waals surface area contributed by atoms with Crippen molar-refractivity contribution in [3.05, 3.63) is 48.6 Å².